The van der Waals surface area contributed by atoms with Gasteiger partial charge in [-0.3, -0.25) is 0 Å². The van der Waals surface area contributed by atoms with E-state index in [1.807, 2.05) is 42.5 Å². The van der Waals surface area contributed by atoms with Gasteiger partial charge in [0, 0.05) is 11.1 Å². The van der Waals surface area contributed by atoms with Crippen molar-refractivity contribution in [3.63, 3.8) is 0 Å². The van der Waals surface area contributed by atoms with Gasteiger partial charge >= 0.3 is 5.97 Å². The van der Waals surface area contributed by atoms with Gasteiger partial charge in [-0.1, -0.05) is 36.4 Å². The van der Waals surface area contributed by atoms with Crippen LogP contribution in [0.15, 0.2) is 54.6 Å². The molecule has 0 amide bonds. The topological polar surface area (TPSA) is 75.1 Å². The maximum absolute atomic E-state index is 10.7. The number of hydrogen-bond donors (Lipinski definition) is 2. The maximum Gasteiger partial charge on any atom is 0.356 e. The first kappa shape index (κ1) is 12.1. The van der Waals surface area contributed by atoms with Crippen molar-refractivity contribution in [2.75, 3.05) is 5.32 Å². The van der Waals surface area contributed by atoms with E-state index in [-0.39, 0.29) is 5.69 Å². The van der Waals surface area contributed by atoms with Crippen molar-refractivity contribution in [2.24, 2.45) is 0 Å². The van der Waals surface area contributed by atoms with Crippen molar-refractivity contribution in [3.8, 4) is 0 Å². The molecule has 0 aliphatic rings. The van der Waals surface area contributed by atoms with E-state index in [4.69, 9.17) is 5.11 Å². The van der Waals surface area contributed by atoms with Crippen molar-refractivity contribution >= 4 is 28.2 Å². The van der Waals surface area contributed by atoms with E-state index < -0.39 is 5.97 Å². The predicted molar refractivity (Wildman–Crippen MR) is 76.2 cm³/mol. The molecule has 2 aromatic carbocycles. The van der Waals surface area contributed by atoms with Gasteiger partial charge in [-0.15, -0.1) is 10.2 Å². The molecule has 3 aromatic rings. The average molecular weight is 265 g/mol. The lowest BCUT2D eigenvalue weighted by molar-refractivity contribution is 0.0689. The number of anilines is 2. The molecule has 0 bridgehead atoms. The number of nitrogens with one attached hydrogen (secondary N) is 1. The number of carboxylic acid groups (broad SMARTS) is 1. The average Bonchev–Trinajstić information content (AvgIpc) is 2.48. The Hall–Kier alpha value is -2.95. The number of benzene rings is 2. The number of aromatic nitrogens is 2. The molecule has 1 heterocycles. The van der Waals surface area contributed by atoms with Crippen LogP contribution < -0.4 is 5.32 Å². The van der Waals surface area contributed by atoms with Crippen molar-refractivity contribution < 1.29 is 9.90 Å². The van der Waals surface area contributed by atoms with E-state index in [9.17, 15) is 4.79 Å². The molecule has 20 heavy (non-hydrogen) atoms. The third kappa shape index (κ3) is 2.29. The van der Waals surface area contributed by atoms with Crippen molar-refractivity contribution in [1.82, 2.24) is 10.2 Å². The Labute approximate surface area is 114 Å². The number of rotatable bonds is 3. The lowest BCUT2D eigenvalue weighted by Gasteiger charge is -2.08. The highest BCUT2D eigenvalue weighted by Crippen LogP contribution is 2.25. The molecule has 0 atom stereocenters. The molecular weight excluding hydrogens is 254 g/mol. The molecule has 0 radical (unpaired) electrons. The normalized spacial score (nSPS) is 10.4. The van der Waals surface area contributed by atoms with Crippen LogP contribution in [0, 0.1) is 0 Å². The Kier molecular flexibility index (Phi) is 3.01. The fraction of sp³-hybridized carbons (Fsp3) is 0. The summed E-state index contributed by atoms with van der Waals surface area (Å²) in [6, 6.07) is 16.9. The van der Waals surface area contributed by atoms with Crippen LogP contribution in [-0.2, 0) is 0 Å². The second-order valence-corrected chi connectivity index (χ2v) is 4.26. The summed E-state index contributed by atoms with van der Waals surface area (Å²) < 4.78 is 0. The molecule has 0 saturated carbocycles. The molecule has 5 nitrogen and oxygen atoms in total. The van der Waals surface area contributed by atoms with Crippen LogP contribution in [0.5, 0.6) is 0 Å². The van der Waals surface area contributed by atoms with E-state index in [2.05, 4.69) is 15.5 Å². The van der Waals surface area contributed by atoms with Crippen molar-refractivity contribution in [2.45, 2.75) is 0 Å². The minimum atomic E-state index is -1.09. The van der Waals surface area contributed by atoms with Gasteiger partial charge in [-0.2, -0.15) is 0 Å². The summed E-state index contributed by atoms with van der Waals surface area (Å²) in [4.78, 5) is 10.7. The standard InChI is InChI=1S/C15H11N3O2/c19-15(20)13-8-9-14(18-17-13)16-12-7-3-5-10-4-1-2-6-11(10)12/h1-9H,(H,16,18)(H,19,20). The van der Waals surface area contributed by atoms with E-state index in [1.54, 1.807) is 6.07 Å². The van der Waals surface area contributed by atoms with Gasteiger partial charge in [0.15, 0.2) is 11.5 Å². The highest BCUT2D eigenvalue weighted by Gasteiger charge is 2.06. The molecule has 0 saturated heterocycles. The second kappa shape index (κ2) is 4.97. The van der Waals surface area contributed by atoms with Crippen LogP contribution >= 0.6 is 0 Å². The minimum Gasteiger partial charge on any atom is -0.476 e. The molecule has 0 aliphatic carbocycles. The fourth-order valence-electron chi connectivity index (χ4n) is 1.99. The molecule has 2 N–H and O–H groups in total. The molecule has 0 aliphatic heterocycles. The third-order valence-electron chi connectivity index (χ3n) is 2.94. The minimum absolute atomic E-state index is 0.0755. The zero-order chi connectivity index (χ0) is 13.9. The first-order valence-corrected chi connectivity index (χ1v) is 6.06. The molecule has 5 heteroatoms. The SMILES string of the molecule is O=C(O)c1ccc(Nc2cccc3ccccc23)nn1. The molecule has 0 fully saturated rings. The number of carboxylic acids is 1. The number of hydrogen-bond acceptors (Lipinski definition) is 4. The van der Waals surface area contributed by atoms with E-state index >= 15 is 0 Å². The molecule has 0 unspecified atom stereocenters. The summed E-state index contributed by atoms with van der Waals surface area (Å²) in [5, 5.41) is 21.6. The monoisotopic (exact) mass is 265 g/mol. The van der Waals surface area contributed by atoms with Crippen molar-refractivity contribution in [1.29, 1.82) is 0 Å². The number of nitrogens with zero attached hydrogens (tertiary/aromatic N) is 2. The first-order chi connectivity index (χ1) is 9.74. The first-order valence-electron chi connectivity index (χ1n) is 6.06. The summed E-state index contributed by atoms with van der Waals surface area (Å²) in [7, 11) is 0. The highest BCUT2D eigenvalue weighted by molar-refractivity contribution is 5.95. The van der Waals surface area contributed by atoms with Crippen LogP contribution in [0.4, 0.5) is 11.5 Å². The molecular formula is C15H11N3O2. The highest BCUT2D eigenvalue weighted by atomic mass is 16.4. The zero-order valence-corrected chi connectivity index (χ0v) is 10.4. The molecule has 0 spiro atoms. The van der Waals surface area contributed by atoms with Crippen LogP contribution in [0.25, 0.3) is 10.8 Å². The van der Waals surface area contributed by atoms with Gasteiger partial charge in [-0.25, -0.2) is 4.79 Å². The summed E-state index contributed by atoms with van der Waals surface area (Å²) in [6.07, 6.45) is 0. The van der Waals surface area contributed by atoms with Crippen LogP contribution in [0.3, 0.4) is 0 Å². The summed E-state index contributed by atoms with van der Waals surface area (Å²) in [5.74, 6) is -0.583. The fourth-order valence-corrected chi connectivity index (χ4v) is 1.99. The van der Waals surface area contributed by atoms with E-state index in [1.165, 1.54) is 6.07 Å². The maximum atomic E-state index is 10.7. The lowest BCUT2D eigenvalue weighted by Crippen LogP contribution is -2.03. The van der Waals surface area contributed by atoms with Crippen molar-refractivity contribution in [3.05, 3.63) is 60.3 Å². The number of carbonyl (C=O) groups is 1. The van der Waals surface area contributed by atoms with Gasteiger partial charge in [-0.05, 0) is 23.6 Å². The van der Waals surface area contributed by atoms with E-state index in [0.717, 1.165) is 16.5 Å². The molecule has 98 valence electrons. The smallest absolute Gasteiger partial charge is 0.356 e. The Morgan fingerprint density at radius 1 is 0.950 bits per heavy atom. The van der Waals surface area contributed by atoms with Crippen LogP contribution in [0.2, 0.25) is 0 Å². The quantitative estimate of drug-likeness (QED) is 0.761. The predicted octanol–water partition coefficient (Wildman–Crippen LogP) is 3.07. The Morgan fingerprint density at radius 2 is 1.75 bits per heavy atom. The Morgan fingerprint density at radius 3 is 2.50 bits per heavy atom. The molecule has 3 rings (SSSR count). The Balaban J connectivity index is 1.95. The van der Waals surface area contributed by atoms with Gasteiger partial charge in [0.2, 0.25) is 0 Å². The number of aromatic carboxylic acids is 1. The summed E-state index contributed by atoms with van der Waals surface area (Å²) in [5.41, 5.74) is 0.828. The van der Waals surface area contributed by atoms with Crippen LogP contribution in [-0.4, -0.2) is 21.3 Å². The van der Waals surface area contributed by atoms with Gasteiger partial charge < -0.3 is 10.4 Å². The third-order valence-corrected chi connectivity index (χ3v) is 2.94. The van der Waals surface area contributed by atoms with Gasteiger partial charge in [0.05, 0.1) is 0 Å². The van der Waals surface area contributed by atoms with Gasteiger partial charge in [0.1, 0.15) is 0 Å². The lowest BCUT2D eigenvalue weighted by atomic mass is 10.1. The zero-order valence-electron chi connectivity index (χ0n) is 10.4. The summed E-state index contributed by atoms with van der Waals surface area (Å²) >= 11 is 0. The van der Waals surface area contributed by atoms with E-state index in [0.29, 0.717) is 5.82 Å². The number of fused-ring (bicyclic) bond motifs is 1. The van der Waals surface area contributed by atoms with Gasteiger partial charge in [0.25, 0.3) is 0 Å². The molecule has 1 aromatic heterocycles. The second-order valence-electron chi connectivity index (χ2n) is 4.26. The van der Waals surface area contributed by atoms with Crippen LogP contribution in [0.1, 0.15) is 10.5 Å². The largest absolute Gasteiger partial charge is 0.476 e. The summed E-state index contributed by atoms with van der Waals surface area (Å²) in [6.45, 7) is 0. The Bertz CT molecular complexity index is 764.